The van der Waals surface area contributed by atoms with Crippen LogP contribution in [0.2, 0.25) is 0 Å². The SMILES string of the molecule is COCCn1ccc2cnccc21. The second-order valence-corrected chi connectivity index (χ2v) is 2.94. The van der Waals surface area contributed by atoms with Gasteiger partial charge in [-0.05, 0) is 12.1 Å². The van der Waals surface area contributed by atoms with Crippen molar-refractivity contribution in [2.75, 3.05) is 13.7 Å². The zero-order chi connectivity index (χ0) is 9.10. The standard InChI is InChI=1S/C10H12N2O/c1-13-7-6-12-5-3-9-8-11-4-2-10(9)12/h2-5,8H,6-7H2,1H3. The number of fused-ring (bicyclic) bond motifs is 1. The summed E-state index contributed by atoms with van der Waals surface area (Å²) in [5, 5.41) is 1.18. The highest BCUT2D eigenvalue weighted by Crippen LogP contribution is 2.13. The lowest BCUT2D eigenvalue weighted by Crippen LogP contribution is -2.02. The Morgan fingerprint density at radius 3 is 3.23 bits per heavy atom. The molecule has 3 heteroatoms. The van der Waals surface area contributed by atoms with Gasteiger partial charge < -0.3 is 9.30 Å². The van der Waals surface area contributed by atoms with Crippen LogP contribution in [0.4, 0.5) is 0 Å². The van der Waals surface area contributed by atoms with E-state index >= 15 is 0 Å². The lowest BCUT2D eigenvalue weighted by molar-refractivity contribution is 0.188. The molecule has 2 rings (SSSR count). The first-order valence-corrected chi connectivity index (χ1v) is 4.29. The second kappa shape index (κ2) is 3.58. The zero-order valence-electron chi connectivity index (χ0n) is 7.60. The average Bonchev–Trinajstić information content (AvgIpc) is 2.58. The van der Waals surface area contributed by atoms with Crippen LogP contribution in [0.5, 0.6) is 0 Å². The van der Waals surface area contributed by atoms with E-state index in [1.807, 2.05) is 18.5 Å². The van der Waals surface area contributed by atoms with Crippen molar-refractivity contribution in [1.82, 2.24) is 9.55 Å². The molecule has 0 bridgehead atoms. The highest BCUT2D eigenvalue weighted by atomic mass is 16.5. The van der Waals surface area contributed by atoms with Gasteiger partial charge in [0.05, 0.1) is 12.1 Å². The minimum atomic E-state index is 0.742. The van der Waals surface area contributed by atoms with Gasteiger partial charge in [0.2, 0.25) is 0 Å². The van der Waals surface area contributed by atoms with Crippen molar-refractivity contribution in [2.45, 2.75) is 6.54 Å². The van der Waals surface area contributed by atoms with Crippen LogP contribution in [-0.2, 0) is 11.3 Å². The molecule has 0 aliphatic heterocycles. The molecule has 0 fully saturated rings. The maximum atomic E-state index is 5.03. The quantitative estimate of drug-likeness (QED) is 0.711. The van der Waals surface area contributed by atoms with Gasteiger partial charge >= 0.3 is 0 Å². The smallest absolute Gasteiger partial charge is 0.0641 e. The number of nitrogens with zero attached hydrogens (tertiary/aromatic N) is 2. The summed E-state index contributed by atoms with van der Waals surface area (Å²) in [5.74, 6) is 0. The van der Waals surface area contributed by atoms with Crippen molar-refractivity contribution in [3.05, 3.63) is 30.7 Å². The van der Waals surface area contributed by atoms with Gasteiger partial charge in [0, 0.05) is 37.6 Å². The number of ether oxygens (including phenoxy) is 1. The predicted molar refractivity (Wildman–Crippen MR) is 51.6 cm³/mol. The lowest BCUT2D eigenvalue weighted by Gasteiger charge is -2.03. The minimum absolute atomic E-state index is 0.742. The van der Waals surface area contributed by atoms with E-state index in [1.165, 1.54) is 10.9 Å². The number of rotatable bonds is 3. The molecule has 0 unspecified atom stereocenters. The van der Waals surface area contributed by atoms with Crippen LogP contribution in [0.25, 0.3) is 10.9 Å². The lowest BCUT2D eigenvalue weighted by atomic mass is 10.3. The molecule has 0 aromatic carbocycles. The molecule has 3 nitrogen and oxygen atoms in total. The second-order valence-electron chi connectivity index (χ2n) is 2.94. The van der Waals surface area contributed by atoms with Crippen LogP contribution >= 0.6 is 0 Å². The molecule has 0 aliphatic rings. The summed E-state index contributed by atoms with van der Waals surface area (Å²) in [5.41, 5.74) is 1.21. The molecule has 0 radical (unpaired) electrons. The van der Waals surface area contributed by atoms with Crippen LogP contribution in [0.3, 0.4) is 0 Å². The molecule has 68 valence electrons. The molecule has 0 spiro atoms. The molecule has 2 heterocycles. The topological polar surface area (TPSA) is 27.1 Å². The third-order valence-corrected chi connectivity index (χ3v) is 2.11. The first kappa shape index (κ1) is 8.26. The molecule has 0 saturated carbocycles. The van der Waals surface area contributed by atoms with E-state index in [0.29, 0.717) is 0 Å². The molecule has 0 saturated heterocycles. The maximum Gasteiger partial charge on any atom is 0.0641 e. The summed E-state index contributed by atoms with van der Waals surface area (Å²) in [4.78, 5) is 4.06. The van der Waals surface area contributed by atoms with Crippen molar-refractivity contribution < 1.29 is 4.74 Å². The van der Waals surface area contributed by atoms with Gasteiger partial charge in [-0.15, -0.1) is 0 Å². The summed E-state index contributed by atoms with van der Waals surface area (Å²) in [6.45, 7) is 1.64. The third kappa shape index (κ3) is 1.55. The van der Waals surface area contributed by atoms with E-state index in [1.54, 1.807) is 7.11 Å². The van der Waals surface area contributed by atoms with E-state index in [0.717, 1.165) is 13.2 Å². The Labute approximate surface area is 77.0 Å². The van der Waals surface area contributed by atoms with Crippen LogP contribution in [0, 0.1) is 0 Å². The summed E-state index contributed by atoms with van der Waals surface area (Å²) >= 11 is 0. The summed E-state index contributed by atoms with van der Waals surface area (Å²) in [6.07, 6.45) is 5.75. The van der Waals surface area contributed by atoms with Crippen LogP contribution in [0.15, 0.2) is 30.7 Å². The fraction of sp³-hybridized carbons (Fsp3) is 0.300. The van der Waals surface area contributed by atoms with Crippen LogP contribution < -0.4 is 0 Å². The third-order valence-electron chi connectivity index (χ3n) is 2.11. The fourth-order valence-electron chi connectivity index (χ4n) is 1.42. The van der Waals surface area contributed by atoms with Gasteiger partial charge in [-0.3, -0.25) is 4.98 Å². The Hall–Kier alpha value is -1.35. The van der Waals surface area contributed by atoms with Gasteiger partial charge in [-0.25, -0.2) is 0 Å². The Bertz CT molecular complexity index is 394. The Morgan fingerprint density at radius 2 is 2.38 bits per heavy atom. The maximum absolute atomic E-state index is 5.03. The van der Waals surface area contributed by atoms with Gasteiger partial charge in [-0.2, -0.15) is 0 Å². The van der Waals surface area contributed by atoms with Crippen LogP contribution in [0.1, 0.15) is 0 Å². The monoisotopic (exact) mass is 176 g/mol. The molecule has 2 aromatic rings. The highest BCUT2D eigenvalue weighted by molar-refractivity contribution is 5.78. The largest absolute Gasteiger partial charge is 0.383 e. The number of aromatic nitrogens is 2. The molecule has 2 aromatic heterocycles. The molecule has 0 N–H and O–H groups in total. The minimum Gasteiger partial charge on any atom is -0.383 e. The average molecular weight is 176 g/mol. The van der Waals surface area contributed by atoms with E-state index in [-0.39, 0.29) is 0 Å². The predicted octanol–water partition coefficient (Wildman–Crippen LogP) is 1.68. The van der Waals surface area contributed by atoms with Crippen molar-refractivity contribution in [3.63, 3.8) is 0 Å². The van der Waals surface area contributed by atoms with Crippen LogP contribution in [-0.4, -0.2) is 23.3 Å². The summed E-state index contributed by atoms with van der Waals surface area (Å²) < 4.78 is 7.19. The summed E-state index contributed by atoms with van der Waals surface area (Å²) in [6, 6.07) is 4.09. The first-order valence-electron chi connectivity index (χ1n) is 4.29. The van der Waals surface area contributed by atoms with Crippen molar-refractivity contribution in [3.8, 4) is 0 Å². The number of hydrogen-bond acceptors (Lipinski definition) is 2. The number of pyridine rings is 1. The molecular weight excluding hydrogens is 164 g/mol. The van der Waals surface area contributed by atoms with Crippen molar-refractivity contribution >= 4 is 10.9 Å². The number of hydrogen-bond donors (Lipinski definition) is 0. The summed E-state index contributed by atoms with van der Waals surface area (Å²) in [7, 11) is 1.72. The Kier molecular flexibility index (Phi) is 2.27. The zero-order valence-corrected chi connectivity index (χ0v) is 7.60. The highest BCUT2D eigenvalue weighted by Gasteiger charge is 1.98. The van der Waals surface area contributed by atoms with Gasteiger partial charge in [0.15, 0.2) is 0 Å². The molecule has 0 aliphatic carbocycles. The first-order chi connectivity index (χ1) is 6.42. The van der Waals surface area contributed by atoms with E-state index in [4.69, 9.17) is 4.74 Å². The molecule has 0 amide bonds. The molecule has 0 atom stereocenters. The molecule has 13 heavy (non-hydrogen) atoms. The number of methoxy groups -OCH3 is 1. The van der Waals surface area contributed by atoms with Gasteiger partial charge in [0.1, 0.15) is 0 Å². The van der Waals surface area contributed by atoms with Crippen molar-refractivity contribution in [2.24, 2.45) is 0 Å². The van der Waals surface area contributed by atoms with Crippen molar-refractivity contribution in [1.29, 1.82) is 0 Å². The fourth-order valence-corrected chi connectivity index (χ4v) is 1.42. The van der Waals surface area contributed by atoms with E-state index in [9.17, 15) is 0 Å². The van der Waals surface area contributed by atoms with Gasteiger partial charge in [-0.1, -0.05) is 0 Å². The Balaban J connectivity index is 2.35. The Morgan fingerprint density at radius 1 is 1.46 bits per heavy atom. The normalized spacial score (nSPS) is 10.8. The van der Waals surface area contributed by atoms with Gasteiger partial charge in [0.25, 0.3) is 0 Å². The molecular formula is C10H12N2O. The van der Waals surface area contributed by atoms with E-state index in [2.05, 4.69) is 21.8 Å². The van der Waals surface area contributed by atoms with E-state index < -0.39 is 0 Å².